The highest BCUT2D eigenvalue weighted by Crippen LogP contribution is 2.47. The Bertz CT molecular complexity index is 842. The Morgan fingerprint density at radius 1 is 0.841 bits per heavy atom. The SMILES string of the molecule is C[SiH](C)OC([C@H]1[C@@H](CC=CCCCC(=O)COC2CCCCO2)[C@@H](OC2CCCCO2)C[C@H]1OC1CCCCO1)C(C)(C)C. The zero-order chi connectivity index (χ0) is 31.4. The largest absolute Gasteiger partial charge is 0.417 e. The fourth-order valence-corrected chi connectivity index (χ4v) is 8.37. The van der Waals surface area contributed by atoms with Crippen molar-refractivity contribution >= 4 is 14.8 Å². The maximum absolute atomic E-state index is 12.4. The summed E-state index contributed by atoms with van der Waals surface area (Å²) >= 11 is 0. The van der Waals surface area contributed by atoms with Gasteiger partial charge in [0.25, 0.3) is 0 Å². The Hall–Kier alpha value is -0.653. The molecule has 8 atom stereocenters. The lowest BCUT2D eigenvalue weighted by Gasteiger charge is -2.42. The Morgan fingerprint density at radius 3 is 1.98 bits per heavy atom. The molecule has 0 aromatic heterocycles. The molecule has 1 aliphatic carbocycles. The Labute approximate surface area is 268 Å². The number of ether oxygens (including phenoxy) is 6. The molecule has 3 saturated heterocycles. The molecular weight excluding hydrogens is 576 g/mol. The predicted octanol–water partition coefficient (Wildman–Crippen LogP) is 7.09. The van der Waals surface area contributed by atoms with Crippen molar-refractivity contribution in [3.63, 3.8) is 0 Å². The second kappa shape index (κ2) is 18.6. The maximum atomic E-state index is 12.4. The van der Waals surface area contributed by atoms with Crippen molar-refractivity contribution in [2.75, 3.05) is 26.4 Å². The molecule has 0 aromatic rings. The normalized spacial score (nSPS) is 32.8. The van der Waals surface area contributed by atoms with Gasteiger partial charge < -0.3 is 32.8 Å². The third-order valence-electron chi connectivity index (χ3n) is 9.39. The van der Waals surface area contributed by atoms with Crippen LogP contribution in [0.2, 0.25) is 13.1 Å². The van der Waals surface area contributed by atoms with Gasteiger partial charge in [0.15, 0.2) is 33.7 Å². The van der Waals surface area contributed by atoms with E-state index in [1.807, 2.05) is 0 Å². The van der Waals surface area contributed by atoms with Gasteiger partial charge in [-0.25, -0.2) is 0 Å². The van der Waals surface area contributed by atoms with Gasteiger partial charge in [-0.1, -0.05) is 32.9 Å². The standard InChI is InChI=1S/C35H62O8Si/c1-35(2,3)34(43-44(4)5)33-27(17-9-7-6-8-16-26(36)25-40-30-18-10-13-21-37-30)28(41-31-19-11-14-22-38-31)24-29(33)42-32-20-12-15-23-39-32/h7,9,27-34,44H,6,8,10-25H2,1-5H3/t27-,28-,29+,30?,31?,32?,33-,34?/m0/s1. The molecule has 3 heterocycles. The third kappa shape index (κ3) is 11.9. The van der Waals surface area contributed by atoms with Crippen LogP contribution in [-0.4, -0.2) is 78.4 Å². The molecule has 4 unspecified atom stereocenters. The van der Waals surface area contributed by atoms with E-state index in [9.17, 15) is 4.79 Å². The van der Waals surface area contributed by atoms with Gasteiger partial charge in [0, 0.05) is 38.6 Å². The van der Waals surface area contributed by atoms with Crippen LogP contribution in [0, 0.1) is 17.3 Å². The topological polar surface area (TPSA) is 81.7 Å². The molecule has 8 nitrogen and oxygen atoms in total. The van der Waals surface area contributed by atoms with Gasteiger partial charge in [-0.15, -0.1) is 0 Å². The van der Waals surface area contributed by atoms with Crippen molar-refractivity contribution in [1.82, 2.24) is 0 Å². The minimum absolute atomic E-state index is 0.00725. The number of ketones is 1. The summed E-state index contributed by atoms with van der Waals surface area (Å²) in [6.45, 7) is 13.9. The average Bonchev–Trinajstić information content (AvgIpc) is 3.32. The van der Waals surface area contributed by atoms with Crippen LogP contribution in [0.25, 0.3) is 0 Å². The zero-order valence-electron chi connectivity index (χ0n) is 28.3. The van der Waals surface area contributed by atoms with E-state index in [0.717, 1.165) is 103 Å². The first kappa shape index (κ1) is 36.2. The average molecular weight is 639 g/mol. The predicted molar refractivity (Wildman–Crippen MR) is 174 cm³/mol. The molecule has 0 aromatic carbocycles. The van der Waals surface area contributed by atoms with Gasteiger partial charge in [0.2, 0.25) is 0 Å². The van der Waals surface area contributed by atoms with Crippen molar-refractivity contribution in [2.45, 2.75) is 161 Å². The first-order valence-corrected chi connectivity index (χ1v) is 20.6. The van der Waals surface area contributed by atoms with E-state index >= 15 is 0 Å². The summed E-state index contributed by atoms with van der Waals surface area (Å²) in [7, 11) is -1.33. The minimum Gasteiger partial charge on any atom is -0.417 e. The molecular formula is C35H62O8Si. The first-order chi connectivity index (χ1) is 21.2. The number of hydrogen-bond acceptors (Lipinski definition) is 8. The van der Waals surface area contributed by atoms with E-state index < -0.39 is 9.04 Å². The number of rotatable bonds is 16. The number of carbonyl (C=O) groups is 1. The van der Waals surface area contributed by atoms with Gasteiger partial charge >= 0.3 is 0 Å². The lowest BCUT2D eigenvalue weighted by molar-refractivity contribution is -0.207. The van der Waals surface area contributed by atoms with Gasteiger partial charge in [-0.05, 0) is 101 Å². The quantitative estimate of drug-likeness (QED) is 0.101. The molecule has 4 rings (SSSR count). The van der Waals surface area contributed by atoms with Crippen LogP contribution in [0.5, 0.6) is 0 Å². The molecule has 0 radical (unpaired) electrons. The molecule has 254 valence electrons. The summed E-state index contributed by atoms with van der Waals surface area (Å²) in [6, 6.07) is 0. The molecule has 0 spiro atoms. The highest BCUT2D eigenvalue weighted by Gasteiger charge is 2.52. The van der Waals surface area contributed by atoms with Gasteiger partial charge in [-0.2, -0.15) is 0 Å². The number of allylic oxidation sites excluding steroid dienone is 2. The Morgan fingerprint density at radius 2 is 1.43 bits per heavy atom. The maximum Gasteiger partial charge on any atom is 0.171 e. The molecule has 1 saturated carbocycles. The second-order valence-corrected chi connectivity index (χ2v) is 17.0. The molecule has 3 aliphatic heterocycles. The van der Waals surface area contributed by atoms with Crippen LogP contribution < -0.4 is 0 Å². The molecule has 0 N–H and O–H groups in total. The highest BCUT2D eigenvalue weighted by atomic mass is 28.3. The molecule has 9 heteroatoms. The summed E-state index contributed by atoms with van der Waals surface area (Å²) in [5.41, 5.74) is -0.0414. The molecule has 4 fully saturated rings. The van der Waals surface area contributed by atoms with Crippen molar-refractivity contribution in [1.29, 1.82) is 0 Å². The van der Waals surface area contributed by atoms with Crippen LogP contribution in [0.4, 0.5) is 0 Å². The van der Waals surface area contributed by atoms with Crippen LogP contribution in [0.15, 0.2) is 12.2 Å². The van der Waals surface area contributed by atoms with Crippen LogP contribution in [-0.2, 0) is 37.6 Å². The van der Waals surface area contributed by atoms with Gasteiger partial charge in [0.1, 0.15) is 6.61 Å². The van der Waals surface area contributed by atoms with Crippen molar-refractivity contribution in [2.24, 2.45) is 17.3 Å². The summed E-state index contributed by atoms with van der Waals surface area (Å²) < 4.78 is 43.9. The van der Waals surface area contributed by atoms with Crippen LogP contribution in [0.3, 0.4) is 0 Å². The number of carbonyl (C=O) groups excluding carboxylic acids is 1. The van der Waals surface area contributed by atoms with E-state index in [0.29, 0.717) is 6.42 Å². The van der Waals surface area contributed by atoms with Crippen LogP contribution in [0.1, 0.15) is 111 Å². The summed E-state index contributed by atoms with van der Waals surface area (Å²) in [4.78, 5) is 12.4. The fraction of sp³-hybridized carbons (Fsp3) is 0.914. The highest BCUT2D eigenvalue weighted by molar-refractivity contribution is 6.48. The van der Waals surface area contributed by atoms with E-state index in [-0.39, 0.29) is 66.8 Å². The van der Waals surface area contributed by atoms with E-state index in [1.165, 1.54) is 0 Å². The first-order valence-electron chi connectivity index (χ1n) is 17.8. The number of unbranched alkanes of at least 4 members (excludes halogenated alkanes) is 1. The fourth-order valence-electron chi connectivity index (χ4n) is 7.20. The van der Waals surface area contributed by atoms with Crippen molar-refractivity contribution < 1.29 is 37.6 Å². The smallest absolute Gasteiger partial charge is 0.171 e. The summed E-state index contributed by atoms with van der Waals surface area (Å²) in [6.07, 6.45) is 17.5. The van der Waals surface area contributed by atoms with Crippen molar-refractivity contribution in [3.8, 4) is 0 Å². The Kier molecular flexibility index (Phi) is 15.3. The monoisotopic (exact) mass is 638 g/mol. The summed E-state index contributed by atoms with van der Waals surface area (Å²) in [5.74, 6) is 0.583. The Balaban J connectivity index is 1.41. The van der Waals surface area contributed by atoms with E-state index in [4.69, 9.17) is 32.8 Å². The number of hydrogen-bond donors (Lipinski definition) is 0. The van der Waals surface area contributed by atoms with E-state index in [1.54, 1.807) is 0 Å². The van der Waals surface area contributed by atoms with Crippen LogP contribution >= 0.6 is 0 Å². The third-order valence-corrected chi connectivity index (χ3v) is 10.2. The zero-order valence-corrected chi connectivity index (χ0v) is 29.5. The molecule has 4 aliphatic rings. The minimum atomic E-state index is -1.33. The van der Waals surface area contributed by atoms with E-state index in [2.05, 4.69) is 46.0 Å². The lowest BCUT2D eigenvalue weighted by Crippen LogP contribution is -2.47. The second-order valence-electron chi connectivity index (χ2n) is 14.6. The van der Waals surface area contributed by atoms with Crippen molar-refractivity contribution in [3.05, 3.63) is 12.2 Å². The molecule has 0 bridgehead atoms. The molecule has 0 amide bonds. The lowest BCUT2D eigenvalue weighted by atomic mass is 9.75. The van der Waals surface area contributed by atoms with Gasteiger partial charge in [0.05, 0.1) is 18.3 Å². The summed E-state index contributed by atoms with van der Waals surface area (Å²) in [5, 5.41) is 0. The molecule has 44 heavy (non-hydrogen) atoms. The van der Waals surface area contributed by atoms with Gasteiger partial charge in [-0.3, -0.25) is 4.79 Å². The number of Topliss-reactive ketones (excluding diaryl/α,β-unsaturated/α-hetero) is 1.